The standard InChI is InChI=1S/C20H24N2O5S/c1-11-8-13(3)18(14(4)9-11)28(25,26)22-17-10-16(7-6-12(17)2)20(24)27-15(5)19(21)23/h6-10,15,22H,1-5H3,(H2,21,23)/t15-/m0/s1. The number of ether oxygens (including phenoxy) is 1. The highest BCUT2D eigenvalue weighted by molar-refractivity contribution is 7.92. The van der Waals surface area contributed by atoms with Crippen LogP contribution in [0.25, 0.3) is 0 Å². The van der Waals surface area contributed by atoms with Crippen LogP contribution in [0.3, 0.4) is 0 Å². The second-order valence-electron chi connectivity index (χ2n) is 6.81. The summed E-state index contributed by atoms with van der Waals surface area (Å²) in [7, 11) is -3.87. The number of carbonyl (C=O) groups excluding carboxylic acids is 2. The van der Waals surface area contributed by atoms with Crippen molar-refractivity contribution in [2.24, 2.45) is 5.73 Å². The lowest BCUT2D eigenvalue weighted by molar-refractivity contribution is -0.125. The second-order valence-corrected chi connectivity index (χ2v) is 8.43. The third kappa shape index (κ3) is 4.69. The van der Waals surface area contributed by atoms with Crippen LogP contribution in [-0.4, -0.2) is 26.4 Å². The summed E-state index contributed by atoms with van der Waals surface area (Å²) in [6.45, 7) is 8.45. The molecule has 2 rings (SSSR count). The zero-order chi connectivity index (χ0) is 21.2. The van der Waals surface area contributed by atoms with Crippen LogP contribution in [0.15, 0.2) is 35.2 Å². The van der Waals surface area contributed by atoms with Gasteiger partial charge in [-0.15, -0.1) is 0 Å². The molecule has 0 aliphatic rings. The molecule has 0 aromatic heterocycles. The number of esters is 1. The third-order valence-electron chi connectivity index (χ3n) is 4.28. The maximum Gasteiger partial charge on any atom is 0.338 e. The topological polar surface area (TPSA) is 116 Å². The third-order valence-corrected chi connectivity index (χ3v) is 5.95. The highest BCUT2D eigenvalue weighted by atomic mass is 32.2. The normalized spacial score (nSPS) is 12.3. The molecule has 0 aliphatic heterocycles. The number of sulfonamides is 1. The lowest BCUT2D eigenvalue weighted by Gasteiger charge is -2.16. The molecule has 0 heterocycles. The zero-order valence-electron chi connectivity index (χ0n) is 16.5. The van der Waals surface area contributed by atoms with Crippen LogP contribution in [-0.2, 0) is 19.6 Å². The molecule has 8 heteroatoms. The van der Waals surface area contributed by atoms with Crippen LogP contribution in [0.1, 0.15) is 39.5 Å². The Kier molecular flexibility index (Phi) is 6.14. The van der Waals surface area contributed by atoms with Gasteiger partial charge in [-0.25, -0.2) is 13.2 Å². The number of anilines is 1. The van der Waals surface area contributed by atoms with Crippen LogP contribution in [0.2, 0.25) is 0 Å². The lowest BCUT2D eigenvalue weighted by atomic mass is 10.1. The number of amides is 1. The van der Waals surface area contributed by atoms with Gasteiger partial charge in [-0.2, -0.15) is 0 Å². The van der Waals surface area contributed by atoms with Crippen molar-refractivity contribution in [1.82, 2.24) is 0 Å². The lowest BCUT2D eigenvalue weighted by Crippen LogP contribution is -2.30. The first-order valence-electron chi connectivity index (χ1n) is 8.64. The van der Waals surface area contributed by atoms with E-state index in [0.29, 0.717) is 16.7 Å². The van der Waals surface area contributed by atoms with Gasteiger partial charge in [0, 0.05) is 0 Å². The van der Waals surface area contributed by atoms with E-state index in [4.69, 9.17) is 10.5 Å². The smallest absolute Gasteiger partial charge is 0.338 e. The second kappa shape index (κ2) is 8.02. The van der Waals surface area contributed by atoms with Crippen molar-refractivity contribution >= 4 is 27.6 Å². The molecular formula is C20H24N2O5S. The van der Waals surface area contributed by atoms with Crippen LogP contribution in [0, 0.1) is 27.7 Å². The minimum Gasteiger partial charge on any atom is -0.449 e. The molecule has 2 aromatic carbocycles. The monoisotopic (exact) mass is 404 g/mol. The van der Waals surface area contributed by atoms with E-state index in [1.165, 1.54) is 19.1 Å². The number of nitrogens with one attached hydrogen (secondary N) is 1. The molecule has 0 spiro atoms. The molecule has 0 saturated carbocycles. The number of carbonyl (C=O) groups is 2. The molecule has 0 fully saturated rings. The maximum atomic E-state index is 13.0. The summed E-state index contributed by atoms with van der Waals surface area (Å²) in [6.07, 6.45) is -1.09. The van der Waals surface area contributed by atoms with Crippen LogP contribution in [0.4, 0.5) is 5.69 Å². The summed E-state index contributed by atoms with van der Waals surface area (Å²) >= 11 is 0. The van der Waals surface area contributed by atoms with Crippen LogP contribution >= 0.6 is 0 Å². The van der Waals surface area contributed by atoms with E-state index in [1.807, 2.05) is 6.92 Å². The SMILES string of the molecule is Cc1cc(C)c(S(=O)(=O)Nc2cc(C(=O)O[C@@H](C)C(N)=O)ccc2C)c(C)c1. The minimum absolute atomic E-state index is 0.105. The van der Waals surface area contributed by atoms with Gasteiger partial charge < -0.3 is 10.5 Å². The molecular weight excluding hydrogens is 380 g/mol. The highest BCUT2D eigenvalue weighted by Crippen LogP contribution is 2.26. The fourth-order valence-electron chi connectivity index (χ4n) is 2.93. The van der Waals surface area contributed by atoms with E-state index in [9.17, 15) is 18.0 Å². The number of benzene rings is 2. The first-order chi connectivity index (χ1) is 12.9. The van der Waals surface area contributed by atoms with Gasteiger partial charge in [-0.3, -0.25) is 9.52 Å². The first-order valence-corrected chi connectivity index (χ1v) is 10.1. The predicted molar refractivity (Wildman–Crippen MR) is 107 cm³/mol. The predicted octanol–water partition coefficient (Wildman–Crippen LogP) is 2.75. The minimum atomic E-state index is -3.87. The van der Waals surface area contributed by atoms with Crippen molar-refractivity contribution in [3.8, 4) is 0 Å². The van der Waals surface area contributed by atoms with Gasteiger partial charge in [0.1, 0.15) is 0 Å². The molecule has 7 nitrogen and oxygen atoms in total. The van der Waals surface area contributed by atoms with Crippen molar-refractivity contribution in [2.45, 2.75) is 45.6 Å². The molecule has 1 atom stereocenters. The Balaban J connectivity index is 2.39. The van der Waals surface area contributed by atoms with Gasteiger partial charge in [0.2, 0.25) is 0 Å². The Labute approximate surface area is 164 Å². The molecule has 1 amide bonds. The molecule has 0 aliphatic carbocycles. The molecule has 2 aromatic rings. The Morgan fingerprint density at radius 3 is 2.11 bits per heavy atom. The molecule has 150 valence electrons. The van der Waals surface area contributed by atoms with Crippen molar-refractivity contribution in [3.63, 3.8) is 0 Å². The van der Waals surface area contributed by atoms with E-state index in [0.717, 1.165) is 5.56 Å². The van der Waals surface area contributed by atoms with Crippen molar-refractivity contribution < 1.29 is 22.7 Å². The summed E-state index contributed by atoms with van der Waals surface area (Å²) in [5.74, 6) is -1.54. The van der Waals surface area contributed by atoms with Gasteiger partial charge in [-0.05, 0) is 63.4 Å². The van der Waals surface area contributed by atoms with Crippen LogP contribution in [0.5, 0.6) is 0 Å². The first kappa shape index (κ1) is 21.4. The van der Waals surface area contributed by atoms with Crippen LogP contribution < -0.4 is 10.5 Å². The fourth-order valence-corrected chi connectivity index (χ4v) is 4.51. The van der Waals surface area contributed by atoms with E-state index < -0.39 is 28.0 Å². The summed E-state index contributed by atoms with van der Waals surface area (Å²) in [6, 6.07) is 8.06. The number of nitrogens with two attached hydrogens (primary N) is 1. The Morgan fingerprint density at radius 1 is 1.00 bits per heavy atom. The number of aryl methyl sites for hydroxylation is 4. The molecule has 0 bridgehead atoms. The molecule has 0 unspecified atom stereocenters. The van der Waals surface area contributed by atoms with E-state index in [2.05, 4.69) is 4.72 Å². The number of rotatable bonds is 6. The van der Waals surface area contributed by atoms with E-state index in [-0.39, 0.29) is 16.1 Å². The Bertz CT molecular complexity index is 1020. The maximum absolute atomic E-state index is 13.0. The van der Waals surface area contributed by atoms with Gasteiger partial charge in [0.05, 0.1) is 16.1 Å². The van der Waals surface area contributed by atoms with Gasteiger partial charge in [-0.1, -0.05) is 23.8 Å². The average Bonchev–Trinajstić information content (AvgIpc) is 2.55. The molecule has 0 saturated heterocycles. The quantitative estimate of drug-likeness (QED) is 0.718. The van der Waals surface area contributed by atoms with Crippen molar-refractivity contribution in [2.75, 3.05) is 4.72 Å². The summed E-state index contributed by atoms with van der Waals surface area (Å²) in [5.41, 5.74) is 8.32. The Morgan fingerprint density at radius 2 is 1.57 bits per heavy atom. The fraction of sp³-hybridized carbons (Fsp3) is 0.300. The number of hydrogen-bond acceptors (Lipinski definition) is 5. The number of hydrogen-bond donors (Lipinski definition) is 2. The average molecular weight is 404 g/mol. The van der Waals surface area contributed by atoms with Gasteiger partial charge in [0.25, 0.3) is 15.9 Å². The van der Waals surface area contributed by atoms with E-state index in [1.54, 1.807) is 39.0 Å². The van der Waals surface area contributed by atoms with Gasteiger partial charge >= 0.3 is 5.97 Å². The summed E-state index contributed by atoms with van der Waals surface area (Å²) < 4.78 is 33.4. The van der Waals surface area contributed by atoms with Gasteiger partial charge in [0.15, 0.2) is 6.10 Å². The molecule has 3 N–H and O–H groups in total. The number of primary amides is 1. The molecule has 0 radical (unpaired) electrons. The zero-order valence-corrected chi connectivity index (χ0v) is 17.3. The molecule has 28 heavy (non-hydrogen) atoms. The van der Waals surface area contributed by atoms with Crippen molar-refractivity contribution in [3.05, 3.63) is 58.1 Å². The largest absolute Gasteiger partial charge is 0.449 e. The Hall–Kier alpha value is -2.87. The van der Waals surface area contributed by atoms with Crippen molar-refractivity contribution in [1.29, 1.82) is 0 Å². The van der Waals surface area contributed by atoms with E-state index >= 15 is 0 Å². The highest BCUT2D eigenvalue weighted by Gasteiger charge is 2.22. The summed E-state index contributed by atoms with van der Waals surface area (Å²) in [4.78, 5) is 23.5. The summed E-state index contributed by atoms with van der Waals surface area (Å²) in [5, 5.41) is 0.